The number of carboxylic acids is 1. The molecule has 0 saturated carbocycles. The number of nitrogens with zero attached hydrogens (tertiary/aromatic N) is 2. The van der Waals surface area contributed by atoms with E-state index in [0.717, 1.165) is 0 Å². The summed E-state index contributed by atoms with van der Waals surface area (Å²) in [6.07, 6.45) is 5.60. The van der Waals surface area contributed by atoms with Crippen molar-refractivity contribution in [1.29, 1.82) is 0 Å². The Kier molecular flexibility index (Phi) is 4.68. The van der Waals surface area contributed by atoms with Crippen LogP contribution in [-0.2, 0) is 4.79 Å². The number of aromatic nitrogens is 2. The molecular formula is C10H14N2O4. The second-order valence-corrected chi connectivity index (χ2v) is 3.41. The highest BCUT2D eigenvalue weighted by Crippen LogP contribution is 2.04. The van der Waals surface area contributed by atoms with E-state index >= 15 is 0 Å². The molecule has 0 saturated heterocycles. The zero-order valence-corrected chi connectivity index (χ0v) is 8.60. The topological polar surface area (TPSA) is 95.6 Å². The van der Waals surface area contributed by atoms with E-state index in [-0.39, 0.29) is 12.8 Å². The molecule has 2 unspecified atom stereocenters. The summed E-state index contributed by atoms with van der Waals surface area (Å²) in [6, 6.07) is 0. The van der Waals surface area contributed by atoms with Crippen LogP contribution < -0.4 is 0 Å². The van der Waals surface area contributed by atoms with E-state index in [1.54, 1.807) is 29.5 Å². The van der Waals surface area contributed by atoms with Gasteiger partial charge in [-0.3, -0.25) is 4.79 Å². The number of rotatable bonds is 6. The summed E-state index contributed by atoms with van der Waals surface area (Å²) in [7, 11) is 0. The first-order valence-electron chi connectivity index (χ1n) is 4.81. The van der Waals surface area contributed by atoms with Crippen LogP contribution in [0.25, 0.3) is 6.20 Å². The molecule has 0 aliphatic carbocycles. The van der Waals surface area contributed by atoms with Gasteiger partial charge < -0.3 is 19.9 Å². The van der Waals surface area contributed by atoms with Crippen LogP contribution in [-0.4, -0.2) is 43.0 Å². The third-order valence-electron chi connectivity index (χ3n) is 1.93. The lowest BCUT2D eigenvalue weighted by atomic mass is 10.1. The summed E-state index contributed by atoms with van der Waals surface area (Å²) >= 11 is 0. The number of hydrogen-bond acceptors (Lipinski definition) is 4. The highest BCUT2D eigenvalue weighted by molar-refractivity contribution is 5.67. The van der Waals surface area contributed by atoms with E-state index in [1.165, 1.54) is 6.08 Å². The fourth-order valence-corrected chi connectivity index (χ4v) is 1.20. The van der Waals surface area contributed by atoms with Gasteiger partial charge >= 0.3 is 5.97 Å². The monoisotopic (exact) mass is 226 g/mol. The maximum absolute atomic E-state index is 10.3. The Bertz CT molecular complexity index is 348. The minimum atomic E-state index is -1.08. The van der Waals surface area contributed by atoms with Crippen molar-refractivity contribution in [2.75, 3.05) is 0 Å². The number of carbonyl (C=O) groups is 1. The van der Waals surface area contributed by atoms with Gasteiger partial charge in [0.15, 0.2) is 0 Å². The van der Waals surface area contributed by atoms with Crippen molar-refractivity contribution < 1.29 is 20.1 Å². The largest absolute Gasteiger partial charge is 0.481 e. The molecular weight excluding hydrogens is 212 g/mol. The summed E-state index contributed by atoms with van der Waals surface area (Å²) in [4.78, 5) is 14.1. The molecule has 1 aromatic heterocycles. The predicted molar refractivity (Wildman–Crippen MR) is 56.4 cm³/mol. The molecule has 1 heterocycles. The highest BCUT2D eigenvalue weighted by atomic mass is 16.4. The molecule has 6 heteroatoms. The van der Waals surface area contributed by atoms with Crippen molar-refractivity contribution >= 4 is 12.2 Å². The van der Waals surface area contributed by atoms with Crippen molar-refractivity contribution in [2.45, 2.75) is 25.0 Å². The summed E-state index contributed by atoms with van der Waals surface area (Å²) in [6.45, 7) is 0. The van der Waals surface area contributed by atoms with E-state index in [9.17, 15) is 15.0 Å². The quantitative estimate of drug-likeness (QED) is 0.631. The van der Waals surface area contributed by atoms with Gasteiger partial charge in [0.25, 0.3) is 0 Å². The van der Waals surface area contributed by atoms with Gasteiger partial charge in [0.05, 0.1) is 25.0 Å². The molecule has 0 spiro atoms. The lowest BCUT2D eigenvalue weighted by Gasteiger charge is -2.10. The molecule has 1 aromatic rings. The Labute approximate surface area is 92.5 Å². The number of aliphatic carboxylic acids is 1. The van der Waals surface area contributed by atoms with Crippen LogP contribution in [0.3, 0.4) is 0 Å². The van der Waals surface area contributed by atoms with Crippen LogP contribution in [0.4, 0.5) is 0 Å². The van der Waals surface area contributed by atoms with Gasteiger partial charge in [-0.15, -0.1) is 0 Å². The van der Waals surface area contributed by atoms with E-state index < -0.39 is 18.2 Å². The molecule has 16 heavy (non-hydrogen) atoms. The van der Waals surface area contributed by atoms with Crippen molar-refractivity contribution in [3.05, 3.63) is 24.8 Å². The molecule has 0 aromatic carbocycles. The van der Waals surface area contributed by atoms with E-state index in [0.29, 0.717) is 0 Å². The first-order chi connectivity index (χ1) is 7.58. The molecule has 0 aliphatic rings. The Hall–Kier alpha value is -1.66. The molecule has 2 atom stereocenters. The van der Waals surface area contributed by atoms with Crippen LogP contribution in [0, 0.1) is 0 Å². The average Bonchev–Trinajstić information content (AvgIpc) is 2.65. The molecule has 3 N–H and O–H groups in total. The van der Waals surface area contributed by atoms with Crippen molar-refractivity contribution in [2.24, 2.45) is 0 Å². The maximum Gasteiger partial charge on any atom is 0.305 e. The maximum atomic E-state index is 10.3. The molecule has 0 aliphatic heterocycles. The normalized spacial score (nSPS) is 15.1. The molecule has 0 radical (unpaired) electrons. The first kappa shape index (κ1) is 12.4. The number of imidazole rings is 1. The van der Waals surface area contributed by atoms with Crippen molar-refractivity contribution in [3.8, 4) is 0 Å². The summed E-state index contributed by atoms with van der Waals surface area (Å²) in [5.41, 5.74) is 0. The lowest BCUT2D eigenvalue weighted by Crippen LogP contribution is -2.19. The third kappa shape index (κ3) is 4.72. The van der Waals surface area contributed by atoms with Gasteiger partial charge in [-0.2, -0.15) is 0 Å². The summed E-state index contributed by atoms with van der Waals surface area (Å²) in [5.74, 6) is -1.08. The fourth-order valence-electron chi connectivity index (χ4n) is 1.20. The third-order valence-corrected chi connectivity index (χ3v) is 1.93. The zero-order valence-electron chi connectivity index (χ0n) is 8.60. The highest BCUT2D eigenvalue weighted by Gasteiger charge is 2.12. The smallest absolute Gasteiger partial charge is 0.305 e. The number of carboxylic acid groups (broad SMARTS) is 1. The number of aliphatic hydroxyl groups excluding tert-OH is 2. The van der Waals surface area contributed by atoms with E-state index in [1.807, 2.05) is 0 Å². The van der Waals surface area contributed by atoms with Gasteiger partial charge in [-0.25, -0.2) is 4.98 Å². The zero-order chi connectivity index (χ0) is 12.0. The van der Waals surface area contributed by atoms with Gasteiger partial charge in [-0.05, 0) is 6.08 Å². The second-order valence-electron chi connectivity index (χ2n) is 3.41. The van der Waals surface area contributed by atoms with Crippen LogP contribution in [0.2, 0.25) is 0 Å². The van der Waals surface area contributed by atoms with Crippen LogP contribution in [0.15, 0.2) is 24.8 Å². The second kappa shape index (κ2) is 6.04. The summed E-state index contributed by atoms with van der Waals surface area (Å²) in [5, 5.41) is 27.1. The van der Waals surface area contributed by atoms with Crippen molar-refractivity contribution in [1.82, 2.24) is 9.55 Å². The SMILES string of the molecule is O=C(O)CC(O)CC(O)C=Cn1ccnc1. The van der Waals surface area contributed by atoms with Crippen LogP contribution >= 0.6 is 0 Å². The predicted octanol–water partition coefficient (Wildman–Crippen LogP) is -0.0596. The van der Waals surface area contributed by atoms with Gasteiger partial charge in [-0.1, -0.05) is 0 Å². The molecule has 0 fully saturated rings. The van der Waals surface area contributed by atoms with Crippen LogP contribution in [0.5, 0.6) is 0 Å². The Morgan fingerprint density at radius 2 is 2.25 bits per heavy atom. The Morgan fingerprint density at radius 3 is 2.81 bits per heavy atom. The van der Waals surface area contributed by atoms with Gasteiger partial charge in [0.2, 0.25) is 0 Å². The molecule has 0 bridgehead atoms. The minimum Gasteiger partial charge on any atom is -0.481 e. The standard InChI is InChI=1S/C10H14N2O4/c13-8(5-9(14)6-10(15)16)1-3-12-4-2-11-7-12/h1-4,7-9,13-14H,5-6H2,(H,15,16). The van der Waals surface area contributed by atoms with Gasteiger partial charge in [0.1, 0.15) is 0 Å². The average molecular weight is 226 g/mol. The molecule has 1 rings (SSSR count). The Balaban J connectivity index is 2.35. The lowest BCUT2D eigenvalue weighted by molar-refractivity contribution is -0.139. The van der Waals surface area contributed by atoms with Crippen molar-refractivity contribution in [3.63, 3.8) is 0 Å². The summed E-state index contributed by atoms with van der Waals surface area (Å²) < 4.78 is 1.63. The fraction of sp³-hybridized carbons (Fsp3) is 0.400. The first-order valence-corrected chi connectivity index (χ1v) is 4.81. The van der Waals surface area contributed by atoms with Gasteiger partial charge in [0, 0.05) is 25.0 Å². The van der Waals surface area contributed by atoms with E-state index in [2.05, 4.69) is 4.98 Å². The number of aliphatic hydroxyl groups is 2. The molecule has 6 nitrogen and oxygen atoms in total. The Morgan fingerprint density at radius 1 is 1.50 bits per heavy atom. The minimum absolute atomic E-state index is 0.00248. The number of hydrogen-bond donors (Lipinski definition) is 3. The molecule has 88 valence electrons. The molecule has 0 amide bonds. The van der Waals surface area contributed by atoms with E-state index in [4.69, 9.17) is 5.11 Å². The van der Waals surface area contributed by atoms with Crippen LogP contribution in [0.1, 0.15) is 12.8 Å².